The monoisotopic (exact) mass is 256 g/mol. The molecule has 3 unspecified atom stereocenters. The standard InChI is InChI=1S/C12H20N2O4/c1-2-3-7-4-9(7)13-12(18)14-6-8(15)5-10(14)11(16)17/h7-10,15H,2-6H2,1H3,(H,13,18)(H,16,17)/t7?,8?,9?,10-/m0/s1. The number of carboxylic acid groups (broad SMARTS) is 1. The van der Waals surface area contributed by atoms with Crippen LogP contribution in [-0.2, 0) is 4.79 Å². The highest BCUT2D eigenvalue weighted by Gasteiger charge is 2.43. The Kier molecular flexibility index (Phi) is 3.75. The molecule has 0 aromatic rings. The summed E-state index contributed by atoms with van der Waals surface area (Å²) in [5.41, 5.74) is 0. The number of hydrogen-bond donors (Lipinski definition) is 3. The number of amides is 2. The van der Waals surface area contributed by atoms with Gasteiger partial charge in [-0.05, 0) is 18.8 Å². The Labute approximate surface area is 106 Å². The minimum absolute atomic E-state index is 0.105. The van der Waals surface area contributed by atoms with Crippen molar-refractivity contribution >= 4 is 12.0 Å². The number of carbonyl (C=O) groups excluding carboxylic acids is 1. The average Bonchev–Trinajstić information content (AvgIpc) is 2.88. The van der Waals surface area contributed by atoms with Crippen molar-refractivity contribution in [3.05, 3.63) is 0 Å². The number of hydrogen-bond acceptors (Lipinski definition) is 3. The van der Waals surface area contributed by atoms with E-state index in [1.54, 1.807) is 0 Å². The number of urea groups is 1. The van der Waals surface area contributed by atoms with E-state index in [-0.39, 0.29) is 25.0 Å². The molecule has 3 N–H and O–H groups in total. The van der Waals surface area contributed by atoms with Crippen LogP contribution in [0.4, 0.5) is 4.79 Å². The van der Waals surface area contributed by atoms with Crippen molar-refractivity contribution < 1.29 is 19.8 Å². The van der Waals surface area contributed by atoms with Crippen molar-refractivity contribution in [3.63, 3.8) is 0 Å². The lowest BCUT2D eigenvalue weighted by molar-refractivity contribution is -0.141. The maximum atomic E-state index is 11.9. The van der Waals surface area contributed by atoms with Gasteiger partial charge in [0, 0.05) is 19.0 Å². The Hall–Kier alpha value is -1.30. The summed E-state index contributed by atoms with van der Waals surface area (Å²) in [4.78, 5) is 24.2. The van der Waals surface area contributed by atoms with Gasteiger partial charge in [0.25, 0.3) is 0 Å². The summed E-state index contributed by atoms with van der Waals surface area (Å²) in [5, 5.41) is 21.3. The second-order valence-corrected chi connectivity index (χ2v) is 5.24. The zero-order chi connectivity index (χ0) is 13.3. The molecule has 6 nitrogen and oxygen atoms in total. The number of aliphatic hydroxyl groups excluding tert-OH is 1. The van der Waals surface area contributed by atoms with Gasteiger partial charge in [0.05, 0.1) is 6.10 Å². The lowest BCUT2D eigenvalue weighted by Gasteiger charge is -2.21. The van der Waals surface area contributed by atoms with Crippen molar-refractivity contribution in [3.8, 4) is 0 Å². The van der Waals surface area contributed by atoms with Crippen LogP contribution in [0.3, 0.4) is 0 Å². The number of carbonyl (C=O) groups is 2. The van der Waals surface area contributed by atoms with Crippen LogP contribution in [0.1, 0.15) is 32.6 Å². The molecule has 0 aromatic heterocycles. The number of nitrogens with zero attached hydrogens (tertiary/aromatic N) is 1. The fourth-order valence-corrected chi connectivity index (χ4v) is 2.63. The van der Waals surface area contributed by atoms with Crippen LogP contribution in [0.2, 0.25) is 0 Å². The van der Waals surface area contributed by atoms with Gasteiger partial charge in [0.1, 0.15) is 6.04 Å². The highest BCUT2D eigenvalue weighted by atomic mass is 16.4. The summed E-state index contributed by atoms with van der Waals surface area (Å²) in [6, 6.07) is -1.07. The first kappa shape index (κ1) is 13.1. The normalized spacial score (nSPS) is 34.4. The topological polar surface area (TPSA) is 89.9 Å². The fourth-order valence-electron chi connectivity index (χ4n) is 2.63. The first-order valence-electron chi connectivity index (χ1n) is 6.51. The van der Waals surface area contributed by atoms with Gasteiger partial charge in [-0.1, -0.05) is 13.3 Å². The van der Waals surface area contributed by atoms with E-state index in [2.05, 4.69) is 12.2 Å². The fraction of sp³-hybridized carbons (Fsp3) is 0.833. The summed E-state index contributed by atoms with van der Waals surface area (Å²) >= 11 is 0. The van der Waals surface area contributed by atoms with Gasteiger partial charge in [-0.2, -0.15) is 0 Å². The number of nitrogens with one attached hydrogen (secondary N) is 1. The van der Waals surface area contributed by atoms with E-state index in [1.807, 2.05) is 0 Å². The molecule has 0 radical (unpaired) electrons. The number of rotatable bonds is 4. The van der Waals surface area contributed by atoms with E-state index in [0.29, 0.717) is 5.92 Å². The van der Waals surface area contributed by atoms with E-state index >= 15 is 0 Å². The number of likely N-dealkylation sites (tertiary alicyclic amines) is 1. The molecule has 2 aliphatic rings. The Balaban J connectivity index is 1.87. The lowest BCUT2D eigenvalue weighted by atomic mass is 10.2. The van der Waals surface area contributed by atoms with Gasteiger partial charge in [0.2, 0.25) is 0 Å². The average molecular weight is 256 g/mol. The second-order valence-electron chi connectivity index (χ2n) is 5.24. The maximum Gasteiger partial charge on any atom is 0.326 e. The van der Waals surface area contributed by atoms with Crippen molar-refractivity contribution in [2.75, 3.05) is 6.54 Å². The molecule has 1 aliphatic heterocycles. The van der Waals surface area contributed by atoms with E-state index in [4.69, 9.17) is 5.11 Å². The molecule has 1 aliphatic carbocycles. The number of aliphatic carboxylic acids is 1. The summed E-state index contributed by atoms with van der Waals surface area (Å²) < 4.78 is 0. The Bertz CT molecular complexity index is 347. The zero-order valence-corrected chi connectivity index (χ0v) is 10.5. The molecule has 2 amide bonds. The molecule has 102 valence electrons. The van der Waals surface area contributed by atoms with Crippen LogP contribution in [0, 0.1) is 5.92 Å². The van der Waals surface area contributed by atoms with Gasteiger partial charge in [-0.15, -0.1) is 0 Å². The molecule has 1 saturated carbocycles. The number of β-amino-alcohol motifs (C(OH)–C–C–N with tert-alkyl or cyclic N) is 1. The van der Waals surface area contributed by atoms with E-state index in [0.717, 1.165) is 19.3 Å². The van der Waals surface area contributed by atoms with Crippen molar-refractivity contribution in [2.45, 2.75) is 50.8 Å². The van der Waals surface area contributed by atoms with Crippen LogP contribution in [0.25, 0.3) is 0 Å². The SMILES string of the molecule is CCCC1CC1NC(=O)N1CC(O)C[C@H]1C(=O)O. The van der Waals surface area contributed by atoms with Gasteiger partial charge in [0.15, 0.2) is 0 Å². The second kappa shape index (κ2) is 5.14. The van der Waals surface area contributed by atoms with E-state index < -0.39 is 18.1 Å². The third-order valence-corrected chi connectivity index (χ3v) is 3.72. The Morgan fingerprint density at radius 2 is 2.11 bits per heavy atom. The molecule has 0 spiro atoms. The third-order valence-electron chi connectivity index (χ3n) is 3.72. The molecule has 0 bridgehead atoms. The van der Waals surface area contributed by atoms with E-state index in [9.17, 15) is 14.7 Å². The third kappa shape index (κ3) is 2.75. The largest absolute Gasteiger partial charge is 0.480 e. The quantitative estimate of drug-likeness (QED) is 0.679. The van der Waals surface area contributed by atoms with Crippen molar-refractivity contribution in [1.29, 1.82) is 0 Å². The first-order chi connectivity index (χ1) is 8.52. The summed E-state index contributed by atoms with van der Waals surface area (Å²) in [6.45, 7) is 2.21. The zero-order valence-electron chi connectivity index (χ0n) is 10.5. The molecule has 2 fully saturated rings. The molecule has 18 heavy (non-hydrogen) atoms. The molecule has 6 heteroatoms. The molecular formula is C12H20N2O4. The van der Waals surface area contributed by atoms with Crippen LogP contribution < -0.4 is 5.32 Å². The van der Waals surface area contributed by atoms with Crippen LogP contribution in [0.15, 0.2) is 0 Å². The van der Waals surface area contributed by atoms with Crippen LogP contribution in [-0.4, -0.2) is 51.8 Å². The highest BCUT2D eigenvalue weighted by Crippen LogP contribution is 2.34. The van der Waals surface area contributed by atoms with Crippen molar-refractivity contribution in [2.24, 2.45) is 5.92 Å². The predicted octanol–water partition coefficient (Wildman–Crippen LogP) is 0.404. The molecule has 1 heterocycles. The summed E-state index contributed by atoms with van der Waals surface area (Å²) in [6.07, 6.45) is 2.55. The van der Waals surface area contributed by atoms with Crippen LogP contribution >= 0.6 is 0 Å². The van der Waals surface area contributed by atoms with Crippen molar-refractivity contribution in [1.82, 2.24) is 10.2 Å². The van der Waals surface area contributed by atoms with Gasteiger partial charge in [-0.3, -0.25) is 0 Å². The molecule has 2 rings (SSSR count). The van der Waals surface area contributed by atoms with Crippen LogP contribution in [0.5, 0.6) is 0 Å². The highest BCUT2D eigenvalue weighted by molar-refractivity contribution is 5.83. The lowest BCUT2D eigenvalue weighted by Crippen LogP contribution is -2.47. The Morgan fingerprint density at radius 3 is 2.72 bits per heavy atom. The molecule has 4 atom stereocenters. The van der Waals surface area contributed by atoms with E-state index in [1.165, 1.54) is 4.90 Å². The van der Waals surface area contributed by atoms with Gasteiger partial charge in [-0.25, -0.2) is 9.59 Å². The predicted molar refractivity (Wildman–Crippen MR) is 64.1 cm³/mol. The number of carboxylic acids is 1. The number of aliphatic hydroxyl groups is 1. The molecular weight excluding hydrogens is 236 g/mol. The minimum atomic E-state index is -1.05. The van der Waals surface area contributed by atoms with Gasteiger partial charge < -0.3 is 20.4 Å². The first-order valence-corrected chi connectivity index (χ1v) is 6.51. The molecule has 0 aromatic carbocycles. The summed E-state index contributed by atoms with van der Waals surface area (Å²) in [5.74, 6) is -0.516. The summed E-state index contributed by atoms with van der Waals surface area (Å²) in [7, 11) is 0. The molecule has 1 saturated heterocycles. The maximum absolute atomic E-state index is 11.9. The minimum Gasteiger partial charge on any atom is -0.480 e. The smallest absolute Gasteiger partial charge is 0.326 e. The Morgan fingerprint density at radius 1 is 1.39 bits per heavy atom. The van der Waals surface area contributed by atoms with Gasteiger partial charge >= 0.3 is 12.0 Å².